The minimum absolute atomic E-state index is 0.129. The van der Waals surface area contributed by atoms with Crippen LogP contribution < -0.4 is 0 Å². The van der Waals surface area contributed by atoms with Gasteiger partial charge in [-0.25, -0.2) is 8.78 Å². The van der Waals surface area contributed by atoms with Gasteiger partial charge in [0, 0.05) is 27.4 Å². The van der Waals surface area contributed by atoms with Gasteiger partial charge in [-0.2, -0.15) is 0 Å². The van der Waals surface area contributed by atoms with Crippen LogP contribution >= 0.6 is 31.9 Å². The highest BCUT2D eigenvalue weighted by Crippen LogP contribution is 2.25. The fraction of sp³-hybridized carbons (Fsp3) is 0.300. The van der Waals surface area contributed by atoms with Gasteiger partial charge >= 0.3 is 0 Å². The van der Waals surface area contributed by atoms with E-state index in [2.05, 4.69) is 31.9 Å². The molecule has 1 aromatic rings. The van der Waals surface area contributed by atoms with Gasteiger partial charge in [-0.15, -0.1) is 0 Å². The Labute approximate surface area is 103 Å². The summed E-state index contributed by atoms with van der Waals surface area (Å²) in [6.45, 7) is 0. The molecule has 0 heterocycles. The molecule has 5 heteroatoms. The number of carbonyl (C=O) groups is 1. The van der Waals surface area contributed by atoms with Gasteiger partial charge in [0.15, 0.2) is 5.78 Å². The lowest BCUT2D eigenvalue weighted by Gasteiger charge is -2.05. The Morgan fingerprint density at radius 3 is 2.60 bits per heavy atom. The summed E-state index contributed by atoms with van der Waals surface area (Å²) in [5.41, 5.74) is 0.184. The van der Waals surface area contributed by atoms with E-state index in [1.54, 1.807) is 0 Å². The number of hydrogen-bond acceptors (Lipinski definition) is 1. The molecule has 0 bridgehead atoms. The summed E-state index contributed by atoms with van der Waals surface area (Å²) in [5, 5.41) is 0.525. The molecule has 0 atom stereocenters. The summed E-state index contributed by atoms with van der Waals surface area (Å²) in [5.74, 6) is -0.152. The Morgan fingerprint density at radius 2 is 2.07 bits per heavy atom. The van der Waals surface area contributed by atoms with E-state index >= 15 is 0 Å². The van der Waals surface area contributed by atoms with Gasteiger partial charge in [-0.3, -0.25) is 4.79 Å². The number of carbonyl (C=O) groups excluding carboxylic acids is 1. The topological polar surface area (TPSA) is 17.1 Å². The van der Waals surface area contributed by atoms with Crippen LogP contribution in [0.15, 0.2) is 22.7 Å². The highest BCUT2D eigenvalue weighted by Gasteiger charge is 2.14. The molecule has 0 aromatic heterocycles. The first kappa shape index (κ1) is 12.8. The van der Waals surface area contributed by atoms with Gasteiger partial charge in [0.25, 0.3) is 6.43 Å². The molecule has 82 valence electrons. The summed E-state index contributed by atoms with van der Waals surface area (Å²) < 4.78 is 25.3. The number of ketones is 1. The van der Waals surface area contributed by atoms with Crippen LogP contribution in [0.2, 0.25) is 0 Å². The third kappa shape index (κ3) is 3.34. The monoisotopic (exact) mass is 340 g/mol. The molecule has 0 unspecified atom stereocenters. The van der Waals surface area contributed by atoms with Crippen molar-refractivity contribution in [2.75, 3.05) is 5.33 Å². The SMILES string of the molecule is O=C(CCBr)c1cc(C(F)F)ccc1Br. The summed E-state index contributed by atoms with van der Waals surface area (Å²) >= 11 is 6.30. The lowest BCUT2D eigenvalue weighted by molar-refractivity contribution is 0.0988. The summed E-state index contributed by atoms with van der Waals surface area (Å²) in [6.07, 6.45) is -2.25. The van der Waals surface area contributed by atoms with Crippen molar-refractivity contribution in [2.24, 2.45) is 0 Å². The molecule has 0 N–H and O–H groups in total. The first-order chi connectivity index (χ1) is 7.06. The number of hydrogen-bond donors (Lipinski definition) is 0. The van der Waals surface area contributed by atoms with Crippen LogP contribution in [0.5, 0.6) is 0 Å². The van der Waals surface area contributed by atoms with Crippen LogP contribution in [0.25, 0.3) is 0 Å². The number of rotatable bonds is 4. The smallest absolute Gasteiger partial charge is 0.263 e. The Morgan fingerprint density at radius 1 is 1.40 bits per heavy atom. The predicted octanol–water partition coefficient (Wildman–Crippen LogP) is 4.35. The zero-order valence-corrected chi connectivity index (χ0v) is 10.8. The van der Waals surface area contributed by atoms with E-state index in [9.17, 15) is 13.6 Å². The maximum absolute atomic E-state index is 12.4. The van der Waals surface area contributed by atoms with Gasteiger partial charge in [0.05, 0.1) is 0 Å². The Hall–Kier alpha value is -0.290. The van der Waals surface area contributed by atoms with Crippen molar-refractivity contribution >= 4 is 37.6 Å². The van der Waals surface area contributed by atoms with Crippen LogP contribution in [-0.4, -0.2) is 11.1 Å². The first-order valence-corrected chi connectivity index (χ1v) is 6.14. The maximum Gasteiger partial charge on any atom is 0.263 e. The molecular formula is C10H8Br2F2O. The molecule has 0 saturated heterocycles. The second-order valence-corrected chi connectivity index (χ2v) is 4.55. The standard InChI is InChI=1S/C10H8Br2F2O/c11-4-3-9(15)7-5-6(10(13)14)1-2-8(7)12/h1-2,5,10H,3-4H2. The van der Waals surface area contributed by atoms with E-state index < -0.39 is 6.43 Å². The largest absolute Gasteiger partial charge is 0.294 e. The Bertz CT molecular complexity index is 366. The van der Waals surface area contributed by atoms with Gasteiger partial charge in [0.2, 0.25) is 0 Å². The number of benzene rings is 1. The van der Waals surface area contributed by atoms with Gasteiger partial charge in [-0.1, -0.05) is 37.9 Å². The lowest BCUT2D eigenvalue weighted by atomic mass is 10.1. The van der Waals surface area contributed by atoms with Gasteiger partial charge in [-0.05, 0) is 12.1 Å². The molecule has 15 heavy (non-hydrogen) atoms. The zero-order valence-electron chi connectivity index (χ0n) is 7.64. The van der Waals surface area contributed by atoms with Crippen molar-refractivity contribution in [3.05, 3.63) is 33.8 Å². The van der Waals surface area contributed by atoms with Crippen LogP contribution in [-0.2, 0) is 0 Å². The van der Waals surface area contributed by atoms with Gasteiger partial charge in [0.1, 0.15) is 0 Å². The zero-order chi connectivity index (χ0) is 11.4. The number of halogens is 4. The molecule has 0 spiro atoms. The molecule has 1 nitrogen and oxygen atoms in total. The summed E-state index contributed by atoms with van der Waals surface area (Å²) in [6, 6.07) is 4.02. The Kier molecular flexibility index (Phi) is 4.86. The van der Waals surface area contributed by atoms with Crippen LogP contribution in [0.4, 0.5) is 8.78 Å². The molecule has 0 saturated carbocycles. The molecule has 0 aliphatic heterocycles. The molecule has 0 radical (unpaired) electrons. The predicted molar refractivity (Wildman–Crippen MR) is 61.8 cm³/mol. The third-order valence-electron chi connectivity index (χ3n) is 1.86. The maximum atomic E-state index is 12.4. The Balaban J connectivity index is 3.05. The molecule has 0 aliphatic rings. The average Bonchev–Trinajstić information content (AvgIpc) is 2.18. The van der Waals surface area contributed by atoms with E-state index in [0.717, 1.165) is 0 Å². The van der Waals surface area contributed by atoms with Gasteiger partial charge < -0.3 is 0 Å². The van der Waals surface area contributed by atoms with Crippen LogP contribution in [0.1, 0.15) is 28.8 Å². The second kappa shape index (κ2) is 5.70. The average molecular weight is 342 g/mol. The molecule has 1 rings (SSSR count). The van der Waals surface area contributed by atoms with Crippen molar-refractivity contribution in [1.29, 1.82) is 0 Å². The van der Waals surface area contributed by atoms with E-state index in [-0.39, 0.29) is 11.3 Å². The quantitative estimate of drug-likeness (QED) is 0.587. The normalized spacial score (nSPS) is 10.7. The number of alkyl halides is 3. The van der Waals surface area contributed by atoms with Crippen molar-refractivity contribution in [2.45, 2.75) is 12.8 Å². The van der Waals surface area contributed by atoms with E-state index in [4.69, 9.17) is 0 Å². The van der Waals surface area contributed by atoms with E-state index in [1.807, 2.05) is 0 Å². The van der Waals surface area contributed by atoms with Crippen molar-refractivity contribution in [3.63, 3.8) is 0 Å². The fourth-order valence-electron chi connectivity index (χ4n) is 1.11. The minimum atomic E-state index is -2.55. The van der Waals surface area contributed by atoms with E-state index in [0.29, 0.717) is 21.8 Å². The van der Waals surface area contributed by atoms with Crippen LogP contribution in [0, 0.1) is 0 Å². The fourth-order valence-corrected chi connectivity index (χ4v) is 1.94. The lowest BCUT2D eigenvalue weighted by Crippen LogP contribution is -2.02. The van der Waals surface area contributed by atoms with E-state index in [1.165, 1.54) is 18.2 Å². The second-order valence-electron chi connectivity index (χ2n) is 2.90. The molecule has 1 aromatic carbocycles. The first-order valence-electron chi connectivity index (χ1n) is 4.23. The van der Waals surface area contributed by atoms with Crippen LogP contribution in [0.3, 0.4) is 0 Å². The molecule has 0 amide bonds. The highest BCUT2D eigenvalue weighted by atomic mass is 79.9. The highest BCUT2D eigenvalue weighted by molar-refractivity contribution is 9.10. The molecule has 0 fully saturated rings. The van der Waals surface area contributed by atoms with Crippen molar-refractivity contribution < 1.29 is 13.6 Å². The van der Waals surface area contributed by atoms with Crippen molar-refractivity contribution in [3.8, 4) is 0 Å². The number of Topliss-reactive ketones (excluding diaryl/α,β-unsaturated/α-hetero) is 1. The third-order valence-corrected chi connectivity index (χ3v) is 2.95. The minimum Gasteiger partial charge on any atom is -0.294 e. The molecule has 0 aliphatic carbocycles. The summed E-state index contributed by atoms with van der Waals surface area (Å²) in [7, 11) is 0. The summed E-state index contributed by atoms with van der Waals surface area (Å²) in [4.78, 5) is 11.5. The molecular weight excluding hydrogens is 334 g/mol. The van der Waals surface area contributed by atoms with Crippen molar-refractivity contribution in [1.82, 2.24) is 0 Å².